The Balaban J connectivity index is 1.63. The molecule has 0 unspecified atom stereocenters. The van der Waals surface area contributed by atoms with Gasteiger partial charge in [0.2, 0.25) is 0 Å². The molecule has 0 aromatic heterocycles. The van der Waals surface area contributed by atoms with Gasteiger partial charge in [-0.05, 0) is 44.7 Å². The molecular weight excluding hydrogens is 258 g/mol. The van der Waals surface area contributed by atoms with Crippen LogP contribution in [0.15, 0.2) is 18.2 Å². The third-order valence-corrected chi connectivity index (χ3v) is 4.59. The minimum atomic E-state index is 0.849. The van der Waals surface area contributed by atoms with Crippen molar-refractivity contribution in [3.8, 4) is 5.75 Å². The Bertz CT molecular complexity index is 433. The number of hydrogen-bond acceptors (Lipinski definition) is 1. The van der Waals surface area contributed by atoms with E-state index in [-0.39, 0.29) is 0 Å². The second-order valence-corrected chi connectivity index (χ2v) is 7.18. The summed E-state index contributed by atoms with van der Waals surface area (Å²) in [6.45, 7) is 13.9. The summed E-state index contributed by atoms with van der Waals surface area (Å²) in [6, 6.07) is 6.42. The molecule has 1 aliphatic rings. The molecule has 1 aliphatic heterocycles. The molecule has 0 bridgehead atoms. The molecule has 0 amide bonds. The van der Waals surface area contributed by atoms with E-state index < -0.39 is 0 Å². The zero-order valence-electron chi connectivity index (χ0n) is 14.2. The van der Waals surface area contributed by atoms with Crippen LogP contribution in [0.2, 0.25) is 0 Å². The zero-order chi connectivity index (χ0) is 15.2. The number of hydrogen-bond donors (Lipinski definition) is 1. The van der Waals surface area contributed by atoms with E-state index in [9.17, 15) is 0 Å². The lowest BCUT2D eigenvalue weighted by Gasteiger charge is -2.32. The molecule has 1 fully saturated rings. The predicted molar refractivity (Wildman–Crippen MR) is 89.2 cm³/mol. The highest BCUT2D eigenvalue weighted by Crippen LogP contribution is 2.18. The maximum absolute atomic E-state index is 5.91. The first kappa shape index (κ1) is 16.4. The molecule has 1 aromatic rings. The standard InChI is InChI=1S/C19H31NO/c1-15-7-8-19(18(4)12-15)21-10-6-5-9-20-13-16(2)11-17(3)14-20/h7-8,12,16-17H,5-6,9-11,13-14H2,1-4H3/p+1/t16-,17-/m0/s1. The fourth-order valence-corrected chi connectivity index (χ4v) is 3.75. The van der Waals surface area contributed by atoms with Crippen molar-refractivity contribution < 1.29 is 9.64 Å². The van der Waals surface area contributed by atoms with Crippen molar-refractivity contribution in [3.63, 3.8) is 0 Å². The van der Waals surface area contributed by atoms with Gasteiger partial charge in [-0.2, -0.15) is 0 Å². The summed E-state index contributed by atoms with van der Waals surface area (Å²) >= 11 is 0. The highest BCUT2D eigenvalue weighted by molar-refractivity contribution is 5.35. The number of likely N-dealkylation sites (tertiary alicyclic amines) is 1. The van der Waals surface area contributed by atoms with Crippen LogP contribution < -0.4 is 9.64 Å². The van der Waals surface area contributed by atoms with Crippen LogP contribution in [-0.2, 0) is 0 Å². The fourth-order valence-electron chi connectivity index (χ4n) is 3.75. The van der Waals surface area contributed by atoms with E-state index in [2.05, 4.69) is 45.9 Å². The number of ether oxygens (including phenoxy) is 1. The van der Waals surface area contributed by atoms with E-state index in [1.54, 1.807) is 4.90 Å². The predicted octanol–water partition coefficient (Wildman–Crippen LogP) is 3.02. The smallest absolute Gasteiger partial charge is 0.122 e. The summed E-state index contributed by atoms with van der Waals surface area (Å²) in [5.41, 5.74) is 2.55. The van der Waals surface area contributed by atoms with E-state index in [4.69, 9.17) is 4.74 Å². The van der Waals surface area contributed by atoms with Crippen LogP contribution in [-0.4, -0.2) is 26.2 Å². The molecular formula is C19H32NO+. The maximum atomic E-state index is 5.91. The lowest BCUT2D eigenvalue weighted by molar-refractivity contribution is -0.912. The van der Waals surface area contributed by atoms with Crippen molar-refractivity contribution in [3.05, 3.63) is 29.3 Å². The number of quaternary nitrogens is 1. The summed E-state index contributed by atoms with van der Waals surface area (Å²) in [4.78, 5) is 1.80. The second-order valence-electron chi connectivity index (χ2n) is 7.18. The molecule has 21 heavy (non-hydrogen) atoms. The lowest BCUT2D eigenvalue weighted by Crippen LogP contribution is -3.14. The Morgan fingerprint density at radius 2 is 1.81 bits per heavy atom. The van der Waals surface area contributed by atoms with E-state index in [0.29, 0.717) is 0 Å². The fraction of sp³-hybridized carbons (Fsp3) is 0.684. The Labute approximate surface area is 130 Å². The van der Waals surface area contributed by atoms with Crippen LogP contribution in [0.3, 0.4) is 0 Å². The average Bonchev–Trinajstić information content (AvgIpc) is 2.39. The van der Waals surface area contributed by atoms with E-state index >= 15 is 0 Å². The number of aryl methyl sites for hydroxylation is 2. The van der Waals surface area contributed by atoms with Gasteiger partial charge in [0.1, 0.15) is 5.75 Å². The minimum Gasteiger partial charge on any atom is -0.493 e. The van der Waals surface area contributed by atoms with Crippen molar-refractivity contribution in [1.29, 1.82) is 0 Å². The molecule has 0 aliphatic carbocycles. The van der Waals surface area contributed by atoms with Gasteiger partial charge in [-0.15, -0.1) is 0 Å². The monoisotopic (exact) mass is 290 g/mol. The van der Waals surface area contributed by atoms with Crippen LogP contribution in [0, 0.1) is 25.7 Å². The molecule has 2 rings (SSSR count). The van der Waals surface area contributed by atoms with E-state index in [1.807, 2.05) is 0 Å². The minimum absolute atomic E-state index is 0.849. The largest absolute Gasteiger partial charge is 0.493 e. The van der Waals surface area contributed by atoms with E-state index in [1.165, 1.54) is 50.0 Å². The molecule has 1 saturated heterocycles. The molecule has 1 aromatic carbocycles. The van der Waals surface area contributed by atoms with Gasteiger partial charge in [0, 0.05) is 11.8 Å². The Morgan fingerprint density at radius 3 is 2.48 bits per heavy atom. The lowest BCUT2D eigenvalue weighted by atomic mass is 9.92. The number of rotatable bonds is 6. The molecule has 0 spiro atoms. The molecule has 118 valence electrons. The highest BCUT2D eigenvalue weighted by Gasteiger charge is 2.24. The van der Waals surface area contributed by atoms with Crippen molar-refractivity contribution in [2.75, 3.05) is 26.2 Å². The Morgan fingerprint density at radius 1 is 1.10 bits per heavy atom. The molecule has 2 nitrogen and oxygen atoms in total. The van der Waals surface area contributed by atoms with Gasteiger partial charge in [0.25, 0.3) is 0 Å². The van der Waals surface area contributed by atoms with Gasteiger partial charge in [-0.25, -0.2) is 0 Å². The average molecular weight is 290 g/mol. The quantitative estimate of drug-likeness (QED) is 0.795. The van der Waals surface area contributed by atoms with Crippen LogP contribution >= 0.6 is 0 Å². The summed E-state index contributed by atoms with van der Waals surface area (Å²) in [5, 5.41) is 0. The number of benzene rings is 1. The zero-order valence-corrected chi connectivity index (χ0v) is 14.2. The number of nitrogens with one attached hydrogen (secondary N) is 1. The molecule has 1 N–H and O–H groups in total. The number of unbranched alkanes of at least 4 members (excludes halogenated alkanes) is 1. The van der Waals surface area contributed by atoms with Crippen molar-refractivity contribution in [1.82, 2.24) is 0 Å². The van der Waals surface area contributed by atoms with Crippen LogP contribution in [0.4, 0.5) is 0 Å². The van der Waals surface area contributed by atoms with Crippen LogP contribution in [0.25, 0.3) is 0 Å². The molecule has 2 heteroatoms. The first-order chi connectivity index (χ1) is 10.0. The maximum Gasteiger partial charge on any atom is 0.122 e. The number of piperidine rings is 1. The summed E-state index contributed by atoms with van der Waals surface area (Å²) in [5.74, 6) is 2.85. The summed E-state index contributed by atoms with van der Waals surface area (Å²) in [6.07, 6.45) is 3.86. The van der Waals surface area contributed by atoms with E-state index in [0.717, 1.165) is 24.2 Å². The first-order valence-corrected chi connectivity index (χ1v) is 8.58. The van der Waals surface area contributed by atoms with Crippen molar-refractivity contribution >= 4 is 0 Å². The van der Waals surface area contributed by atoms with Gasteiger partial charge in [0.05, 0.1) is 26.2 Å². The van der Waals surface area contributed by atoms with Crippen molar-refractivity contribution in [2.45, 2.75) is 47.0 Å². The van der Waals surface area contributed by atoms with Crippen LogP contribution in [0.5, 0.6) is 5.75 Å². The Kier molecular flexibility index (Phi) is 6.10. The summed E-state index contributed by atoms with van der Waals surface area (Å²) < 4.78 is 5.91. The third-order valence-electron chi connectivity index (χ3n) is 4.59. The highest BCUT2D eigenvalue weighted by atomic mass is 16.5. The second kappa shape index (κ2) is 7.84. The van der Waals surface area contributed by atoms with Crippen molar-refractivity contribution in [2.24, 2.45) is 11.8 Å². The van der Waals surface area contributed by atoms with Gasteiger partial charge >= 0.3 is 0 Å². The first-order valence-electron chi connectivity index (χ1n) is 8.58. The summed E-state index contributed by atoms with van der Waals surface area (Å²) in [7, 11) is 0. The van der Waals surface area contributed by atoms with Gasteiger partial charge in [-0.1, -0.05) is 31.5 Å². The SMILES string of the molecule is Cc1ccc(OCCCC[NH+]2C[C@@H](C)C[C@H](C)C2)c(C)c1. The third kappa shape index (κ3) is 5.35. The molecule has 0 saturated carbocycles. The topological polar surface area (TPSA) is 13.7 Å². The van der Waals surface area contributed by atoms with Crippen LogP contribution in [0.1, 0.15) is 44.2 Å². The molecule has 0 radical (unpaired) electrons. The molecule has 1 heterocycles. The van der Waals surface area contributed by atoms with Gasteiger partial charge in [0.15, 0.2) is 0 Å². The van der Waals surface area contributed by atoms with Gasteiger partial charge in [-0.3, -0.25) is 0 Å². The van der Waals surface area contributed by atoms with Gasteiger partial charge < -0.3 is 9.64 Å². The molecule has 2 atom stereocenters. The Hall–Kier alpha value is -1.02. The normalized spacial score (nSPS) is 25.8.